The molecule has 0 aliphatic rings. The predicted octanol–water partition coefficient (Wildman–Crippen LogP) is 5.64. The van der Waals surface area contributed by atoms with Crippen LogP contribution in [0.25, 0.3) is 21.9 Å². The molecular formula is C27H20FN3O5. The standard InChI is InChI=1S/C27H20FN3O5/c1-16-5-9-22-21(11-16)26(27(34)31(22)14-17-3-2-4-19(28)12-17)30-29-24(32)15-35-20-8-6-18-7-10-25(33)36-23(18)13-20/h2-13,34H,14-15H2,1H3. The molecule has 0 bridgehead atoms. The number of rotatable bonds is 6. The summed E-state index contributed by atoms with van der Waals surface area (Å²) in [6.07, 6.45) is 0. The number of aromatic hydroxyl groups is 1. The van der Waals surface area contributed by atoms with Crippen LogP contribution in [0.2, 0.25) is 0 Å². The Hall–Kier alpha value is -4.79. The topological polar surface area (TPSA) is 106 Å². The van der Waals surface area contributed by atoms with Crippen molar-refractivity contribution in [3.05, 3.63) is 100 Å². The predicted molar refractivity (Wildman–Crippen MR) is 131 cm³/mol. The molecule has 0 saturated heterocycles. The number of azo groups is 1. The summed E-state index contributed by atoms with van der Waals surface area (Å²) >= 11 is 0. The van der Waals surface area contributed by atoms with Gasteiger partial charge in [0.2, 0.25) is 5.88 Å². The molecule has 2 heterocycles. The Morgan fingerprint density at radius 2 is 1.92 bits per heavy atom. The number of halogens is 1. The smallest absolute Gasteiger partial charge is 0.336 e. The van der Waals surface area contributed by atoms with E-state index in [4.69, 9.17) is 9.15 Å². The third kappa shape index (κ3) is 4.72. The summed E-state index contributed by atoms with van der Waals surface area (Å²) in [5.74, 6) is -0.923. The zero-order valence-electron chi connectivity index (χ0n) is 19.1. The van der Waals surface area contributed by atoms with Gasteiger partial charge in [0.05, 0.1) is 12.1 Å². The highest BCUT2D eigenvalue weighted by Crippen LogP contribution is 2.39. The Labute approximate surface area is 203 Å². The molecule has 9 heteroatoms. The number of amides is 1. The van der Waals surface area contributed by atoms with Crippen molar-refractivity contribution < 1.29 is 23.4 Å². The van der Waals surface area contributed by atoms with Crippen LogP contribution in [0.5, 0.6) is 11.6 Å². The van der Waals surface area contributed by atoms with E-state index in [0.29, 0.717) is 33.2 Å². The van der Waals surface area contributed by atoms with Crippen LogP contribution in [0, 0.1) is 12.7 Å². The summed E-state index contributed by atoms with van der Waals surface area (Å²) in [5, 5.41) is 20.0. The first-order valence-corrected chi connectivity index (χ1v) is 11.0. The van der Waals surface area contributed by atoms with Crippen molar-refractivity contribution in [3.8, 4) is 11.6 Å². The van der Waals surface area contributed by atoms with E-state index in [1.807, 2.05) is 25.1 Å². The molecule has 5 rings (SSSR count). The zero-order valence-corrected chi connectivity index (χ0v) is 19.1. The summed E-state index contributed by atoms with van der Waals surface area (Å²) in [4.78, 5) is 23.8. The summed E-state index contributed by atoms with van der Waals surface area (Å²) in [6.45, 7) is 1.69. The molecule has 3 aromatic carbocycles. The Kier molecular flexibility index (Phi) is 6.03. The van der Waals surface area contributed by atoms with Gasteiger partial charge in [-0.3, -0.25) is 4.79 Å². The van der Waals surface area contributed by atoms with Gasteiger partial charge in [0, 0.05) is 22.9 Å². The van der Waals surface area contributed by atoms with Gasteiger partial charge in [-0.05, 0) is 55.0 Å². The monoisotopic (exact) mass is 485 g/mol. The van der Waals surface area contributed by atoms with Crippen molar-refractivity contribution in [2.24, 2.45) is 10.2 Å². The van der Waals surface area contributed by atoms with E-state index < -0.39 is 18.1 Å². The Balaban J connectivity index is 1.38. The molecule has 8 nitrogen and oxygen atoms in total. The number of carbonyl (C=O) groups is 1. The molecule has 0 aliphatic carbocycles. The van der Waals surface area contributed by atoms with Crippen LogP contribution in [0.3, 0.4) is 0 Å². The second-order valence-electron chi connectivity index (χ2n) is 8.25. The molecule has 5 aromatic rings. The molecule has 36 heavy (non-hydrogen) atoms. The van der Waals surface area contributed by atoms with Crippen LogP contribution in [-0.2, 0) is 11.3 Å². The number of hydrogen-bond donors (Lipinski definition) is 1. The minimum atomic E-state index is -0.678. The van der Waals surface area contributed by atoms with Crippen LogP contribution in [0.1, 0.15) is 11.1 Å². The highest BCUT2D eigenvalue weighted by Gasteiger charge is 2.18. The highest BCUT2D eigenvalue weighted by molar-refractivity contribution is 5.96. The molecule has 2 aromatic heterocycles. The average molecular weight is 485 g/mol. The molecule has 1 amide bonds. The van der Waals surface area contributed by atoms with Crippen molar-refractivity contribution in [1.82, 2.24) is 4.57 Å². The van der Waals surface area contributed by atoms with Gasteiger partial charge >= 0.3 is 11.5 Å². The third-order valence-electron chi connectivity index (χ3n) is 5.61. The van der Waals surface area contributed by atoms with Gasteiger partial charge in [-0.15, -0.1) is 10.2 Å². The van der Waals surface area contributed by atoms with Gasteiger partial charge in [-0.2, -0.15) is 0 Å². The molecule has 180 valence electrons. The van der Waals surface area contributed by atoms with Crippen LogP contribution in [0.4, 0.5) is 10.1 Å². The van der Waals surface area contributed by atoms with E-state index in [9.17, 15) is 19.1 Å². The lowest BCUT2D eigenvalue weighted by molar-refractivity contribution is -0.120. The Morgan fingerprint density at radius 1 is 1.08 bits per heavy atom. The van der Waals surface area contributed by atoms with Gasteiger partial charge in [-0.1, -0.05) is 23.8 Å². The van der Waals surface area contributed by atoms with Crippen molar-refractivity contribution in [2.75, 3.05) is 6.61 Å². The quantitative estimate of drug-likeness (QED) is 0.248. The second kappa shape index (κ2) is 9.46. The molecule has 0 atom stereocenters. The van der Waals surface area contributed by atoms with Crippen molar-refractivity contribution in [2.45, 2.75) is 13.5 Å². The number of fused-ring (bicyclic) bond motifs is 2. The Bertz CT molecular complexity index is 1700. The SMILES string of the molecule is Cc1ccc2c(c1)c(N=NC(=O)COc1ccc3ccc(=O)oc3c1)c(O)n2Cc1cccc(F)c1. The largest absolute Gasteiger partial charge is 0.493 e. The van der Waals surface area contributed by atoms with E-state index in [1.54, 1.807) is 34.9 Å². The average Bonchev–Trinajstić information content (AvgIpc) is 3.10. The van der Waals surface area contributed by atoms with E-state index in [0.717, 1.165) is 5.56 Å². The molecule has 1 N–H and O–H groups in total. The van der Waals surface area contributed by atoms with Crippen molar-refractivity contribution >= 4 is 33.5 Å². The molecule has 0 fully saturated rings. The number of aromatic nitrogens is 1. The van der Waals surface area contributed by atoms with E-state index in [1.165, 1.54) is 24.3 Å². The van der Waals surface area contributed by atoms with Gasteiger partial charge in [-0.25, -0.2) is 9.18 Å². The molecule has 0 radical (unpaired) electrons. The van der Waals surface area contributed by atoms with Gasteiger partial charge in [0.1, 0.15) is 17.1 Å². The molecule has 0 saturated carbocycles. The lowest BCUT2D eigenvalue weighted by atomic mass is 10.1. The lowest BCUT2D eigenvalue weighted by Crippen LogP contribution is -2.07. The second-order valence-corrected chi connectivity index (χ2v) is 8.25. The zero-order chi connectivity index (χ0) is 25.2. The summed E-state index contributed by atoms with van der Waals surface area (Å²) < 4.78 is 25.8. The molecule has 0 spiro atoms. The van der Waals surface area contributed by atoms with E-state index in [2.05, 4.69) is 10.2 Å². The molecular weight excluding hydrogens is 465 g/mol. The Morgan fingerprint density at radius 3 is 2.75 bits per heavy atom. The van der Waals surface area contributed by atoms with Crippen LogP contribution >= 0.6 is 0 Å². The fourth-order valence-corrected chi connectivity index (χ4v) is 3.92. The fourth-order valence-electron chi connectivity index (χ4n) is 3.92. The normalized spacial score (nSPS) is 11.5. The van der Waals surface area contributed by atoms with Gasteiger partial charge in [0.25, 0.3) is 0 Å². The summed E-state index contributed by atoms with van der Waals surface area (Å²) in [6, 6.07) is 19.4. The van der Waals surface area contributed by atoms with Crippen molar-refractivity contribution in [3.63, 3.8) is 0 Å². The number of hydrogen-bond acceptors (Lipinski definition) is 6. The molecule has 0 aliphatic heterocycles. The van der Waals surface area contributed by atoms with E-state index >= 15 is 0 Å². The maximum Gasteiger partial charge on any atom is 0.336 e. The first-order valence-electron chi connectivity index (χ1n) is 11.0. The summed E-state index contributed by atoms with van der Waals surface area (Å²) in [5.41, 5.74) is 2.22. The first kappa shape index (κ1) is 23.0. The van der Waals surface area contributed by atoms with Gasteiger partial charge in [0.15, 0.2) is 12.3 Å². The van der Waals surface area contributed by atoms with Crippen LogP contribution < -0.4 is 10.4 Å². The highest BCUT2D eigenvalue weighted by atomic mass is 19.1. The first-order chi connectivity index (χ1) is 17.4. The number of nitrogens with zero attached hydrogens (tertiary/aromatic N) is 3. The maximum atomic E-state index is 13.7. The number of benzene rings is 3. The van der Waals surface area contributed by atoms with Crippen molar-refractivity contribution in [1.29, 1.82) is 0 Å². The lowest BCUT2D eigenvalue weighted by Gasteiger charge is -2.07. The fraction of sp³-hybridized carbons (Fsp3) is 0.111. The summed E-state index contributed by atoms with van der Waals surface area (Å²) in [7, 11) is 0. The number of ether oxygens (including phenoxy) is 1. The minimum Gasteiger partial charge on any atom is -0.493 e. The maximum absolute atomic E-state index is 13.7. The van der Waals surface area contributed by atoms with Crippen LogP contribution in [0.15, 0.2) is 92.2 Å². The third-order valence-corrected chi connectivity index (χ3v) is 5.61. The van der Waals surface area contributed by atoms with E-state index in [-0.39, 0.29) is 23.9 Å². The number of carbonyl (C=O) groups excluding carboxylic acids is 1. The van der Waals surface area contributed by atoms with Gasteiger partial charge < -0.3 is 18.8 Å². The van der Waals surface area contributed by atoms with Crippen LogP contribution in [-0.4, -0.2) is 22.2 Å². The number of aryl methyl sites for hydroxylation is 1. The molecule has 0 unspecified atom stereocenters. The minimum absolute atomic E-state index is 0.130.